The topological polar surface area (TPSA) is 80.9 Å². The first-order valence-electron chi connectivity index (χ1n) is 4.91. The molecule has 2 aromatic rings. The summed E-state index contributed by atoms with van der Waals surface area (Å²) in [7, 11) is 0. The number of nitrogens with zero attached hydrogens (tertiary/aromatic N) is 4. The Morgan fingerprint density at radius 1 is 1.41 bits per heavy atom. The van der Waals surface area contributed by atoms with E-state index in [2.05, 4.69) is 15.1 Å². The van der Waals surface area contributed by atoms with Crippen molar-refractivity contribution in [2.45, 2.75) is 6.92 Å². The Morgan fingerprint density at radius 3 is 2.65 bits per heavy atom. The van der Waals surface area contributed by atoms with Gasteiger partial charge in [-0.05, 0) is 19.1 Å². The minimum absolute atomic E-state index is 0.450. The van der Waals surface area contributed by atoms with Crippen LogP contribution in [0.1, 0.15) is 11.3 Å². The zero-order valence-corrected chi connectivity index (χ0v) is 9.11. The molecule has 0 spiro atoms. The third-order valence-electron chi connectivity index (χ3n) is 2.00. The van der Waals surface area contributed by atoms with Gasteiger partial charge in [-0.3, -0.25) is 0 Å². The van der Waals surface area contributed by atoms with E-state index in [0.29, 0.717) is 11.5 Å². The van der Waals surface area contributed by atoms with Crippen molar-refractivity contribution in [2.24, 2.45) is 0 Å². The summed E-state index contributed by atoms with van der Waals surface area (Å²) in [6.45, 7) is 1.88. The molecule has 0 aliphatic carbocycles. The third-order valence-corrected chi connectivity index (χ3v) is 2.00. The molecule has 0 unspecified atom stereocenters. The van der Waals surface area contributed by atoms with E-state index < -0.39 is 5.97 Å². The largest absolute Gasteiger partial charge is 0.478 e. The van der Waals surface area contributed by atoms with Crippen LogP contribution in [0.3, 0.4) is 0 Å². The average Bonchev–Trinajstić information content (AvgIpc) is 2.74. The first-order valence-corrected chi connectivity index (χ1v) is 4.91. The minimum atomic E-state index is -1.00. The Kier molecular flexibility index (Phi) is 2.95. The lowest BCUT2D eigenvalue weighted by atomic mass is 10.3. The molecule has 0 aromatic carbocycles. The summed E-state index contributed by atoms with van der Waals surface area (Å²) in [4.78, 5) is 18.5. The Labute approximate surface area is 97.3 Å². The summed E-state index contributed by atoms with van der Waals surface area (Å²) in [6.07, 6.45) is 7.31. The van der Waals surface area contributed by atoms with Crippen LogP contribution in [-0.4, -0.2) is 30.8 Å². The summed E-state index contributed by atoms with van der Waals surface area (Å²) in [5, 5.41) is 12.6. The molecule has 0 aliphatic heterocycles. The summed E-state index contributed by atoms with van der Waals surface area (Å²) in [5.41, 5.74) is 1.50. The lowest BCUT2D eigenvalue weighted by Gasteiger charge is -1.98. The molecular weight excluding hydrogens is 220 g/mol. The van der Waals surface area contributed by atoms with E-state index in [-0.39, 0.29) is 0 Å². The number of hydrogen-bond acceptors (Lipinski definition) is 4. The van der Waals surface area contributed by atoms with Crippen LogP contribution in [0.4, 0.5) is 0 Å². The third kappa shape index (κ3) is 2.75. The highest BCUT2D eigenvalue weighted by molar-refractivity contribution is 5.85. The number of aryl methyl sites for hydroxylation is 1. The second kappa shape index (κ2) is 4.56. The monoisotopic (exact) mass is 230 g/mol. The maximum atomic E-state index is 10.3. The molecule has 86 valence electrons. The maximum Gasteiger partial charge on any atom is 0.328 e. The molecule has 0 aliphatic rings. The highest BCUT2D eigenvalue weighted by atomic mass is 16.4. The molecule has 0 saturated heterocycles. The van der Waals surface area contributed by atoms with Crippen LogP contribution in [0.25, 0.3) is 12.0 Å². The van der Waals surface area contributed by atoms with Gasteiger partial charge in [-0.1, -0.05) is 0 Å². The van der Waals surface area contributed by atoms with Crippen LogP contribution in [-0.2, 0) is 4.79 Å². The molecule has 0 saturated carbocycles. The van der Waals surface area contributed by atoms with Crippen molar-refractivity contribution < 1.29 is 9.90 Å². The Bertz CT molecular complexity index is 557. The number of carboxylic acids is 1. The normalized spacial score (nSPS) is 10.9. The molecule has 6 nitrogen and oxygen atoms in total. The van der Waals surface area contributed by atoms with Crippen LogP contribution in [0.2, 0.25) is 0 Å². The highest BCUT2D eigenvalue weighted by Crippen LogP contribution is 2.03. The van der Waals surface area contributed by atoms with Crippen molar-refractivity contribution in [2.75, 3.05) is 0 Å². The molecule has 0 amide bonds. The van der Waals surface area contributed by atoms with Gasteiger partial charge in [0.1, 0.15) is 0 Å². The van der Waals surface area contributed by atoms with E-state index in [1.807, 2.05) is 13.0 Å². The average molecular weight is 230 g/mol. The lowest BCUT2D eigenvalue weighted by molar-refractivity contribution is -0.131. The summed E-state index contributed by atoms with van der Waals surface area (Å²) in [6, 6.07) is 1.85. The van der Waals surface area contributed by atoms with E-state index in [9.17, 15) is 4.79 Å². The van der Waals surface area contributed by atoms with Gasteiger partial charge in [0.15, 0.2) is 0 Å². The van der Waals surface area contributed by atoms with E-state index in [4.69, 9.17) is 5.11 Å². The van der Waals surface area contributed by atoms with Gasteiger partial charge in [-0.15, -0.1) is 0 Å². The van der Waals surface area contributed by atoms with Crippen LogP contribution in [0, 0.1) is 6.92 Å². The molecule has 0 atom stereocenters. The van der Waals surface area contributed by atoms with Crippen molar-refractivity contribution in [1.82, 2.24) is 19.7 Å². The predicted octanol–water partition coefficient (Wildman–Crippen LogP) is 1.07. The quantitative estimate of drug-likeness (QED) is 0.797. The van der Waals surface area contributed by atoms with Gasteiger partial charge in [-0.2, -0.15) is 5.10 Å². The first kappa shape index (κ1) is 11.0. The Morgan fingerprint density at radius 2 is 2.12 bits per heavy atom. The Hall–Kier alpha value is -2.50. The summed E-state index contributed by atoms with van der Waals surface area (Å²) in [5.74, 6) is -0.553. The van der Waals surface area contributed by atoms with E-state index in [1.54, 1.807) is 23.3 Å². The van der Waals surface area contributed by atoms with Crippen molar-refractivity contribution in [3.05, 3.63) is 42.0 Å². The zero-order valence-electron chi connectivity index (χ0n) is 9.11. The van der Waals surface area contributed by atoms with Crippen molar-refractivity contribution in [3.8, 4) is 5.95 Å². The fraction of sp³-hybridized carbons (Fsp3) is 0.0909. The van der Waals surface area contributed by atoms with Crippen molar-refractivity contribution in [1.29, 1.82) is 0 Å². The van der Waals surface area contributed by atoms with Crippen LogP contribution in [0.15, 0.2) is 30.7 Å². The molecule has 0 radical (unpaired) electrons. The fourth-order valence-corrected chi connectivity index (χ4v) is 1.23. The number of carboxylic acid groups (broad SMARTS) is 1. The molecule has 17 heavy (non-hydrogen) atoms. The summed E-state index contributed by atoms with van der Waals surface area (Å²) >= 11 is 0. The summed E-state index contributed by atoms with van der Waals surface area (Å²) < 4.78 is 1.56. The molecule has 0 fully saturated rings. The van der Waals surface area contributed by atoms with Gasteiger partial charge in [-0.25, -0.2) is 19.4 Å². The number of carbonyl (C=O) groups is 1. The number of aliphatic carboxylic acids is 1. The number of hydrogen-bond donors (Lipinski definition) is 1. The minimum Gasteiger partial charge on any atom is -0.478 e. The maximum absolute atomic E-state index is 10.3. The predicted molar refractivity (Wildman–Crippen MR) is 60.6 cm³/mol. The van der Waals surface area contributed by atoms with E-state index in [0.717, 1.165) is 11.8 Å². The van der Waals surface area contributed by atoms with Crippen LogP contribution >= 0.6 is 0 Å². The first-order chi connectivity index (χ1) is 8.15. The molecule has 0 bridgehead atoms. The molecule has 2 aromatic heterocycles. The van der Waals surface area contributed by atoms with Crippen molar-refractivity contribution in [3.63, 3.8) is 0 Å². The van der Waals surface area contributed by atoms with E-state index >= 15 is 0 Å². The molecular formula is C11H10N4O2. The zero-order chi connectivity index (χ0) is 12.3. The smallest absolute Gasteiger partial charge is 0.328 e. The number of aromatic nitrogens is 4. The fourth-order valence-electron chi connectivity index (χ4n) is 1.23. The van der Waals surface area contributed by atoms with Gasteiger partial charge in [0, 0.05) is 30.2 Å². The van der Waals surface area contributed by atoms with Gasteiger partial charge in [0.2, 0.25) is 5.95 Å². The molecule has 2 rings (SSSR count). The second-order valence-electron chi connectivity index (χ2n) is 3.39. The van der Waals surface area contributed by atoms with Crippen LogP contribution < -0.4 is 0 Å². The second-order valence-corrected chi connectivity index (χ2v) is 3.39. The highest BCUT2D eigenvalue weighted by Gasteiger charge is 2.00. The van der Waals surface area contributed by atoms with Gasteiger partial charge >= 0.3 is 5.97 Å². The SMILES string of the molecule is Cc1ccn(-c2ncc(/C=C/C(=O)O)cn2)n1. The van der Waals surface area contributed by atoms with Gasteiger partial charge < -0.3 is 5.11 Å². The lowest BCUT2D eigenvalue weighted by Crippen LogP contribution is -2.01. The number of rotatable bonds is 3. The Balaban J connectivity index is 2.21. The molecule has 1 N–H and O–H groups in total. The molecule has 6 heteroatoms. The molecule has 2 heterocycles. The van der Waals surface area contributed by atoms with E-state index in [1.165, 1.54) is 6.08 Å². The standard InChI is InChI=1S/C11H10N4O2/c1-8-4-5-15(14-8)11-12-6-9(7-13-11)2-3-10(16)17/h2-7H,1H3,(H,16,17)/b3-2+. The van der Waals surface area contributed by atoms with Crippen molar-refractivity contribution >= 4 is 12.0 Å². The van der Waals surface area contributed by atoms with Gasteiger partial charge in [0.25, 0.3) is 0 Å². The van der Waals surface area contributed by atoms with Crippen LogP contribution in [0.5, 0.6) is 0 Å². The van der Waals surface area contributed by atoms with Gasteiger partial charge in [0.05, 0.1) is 5.69 Å².